The minimum Gasteiger partial charge on any atom is -0.507 e. The predicted octanol–water partition coefficient (Wildman–Crippen LogP) is 15.0. The standard InChI is InChI=1S/C56H57N3O/c1-35-20-22-38(23-21-35)39-26-27-57-48(32-39)42-30-40(37-16-13-12-14-17-37)29-41(31-42)45-18-15-19-50-51(45)58-53(59(50)49-25-24-43(28-36(49)2)54(3,4)5)46-33-44(55(6,7)8)34-47(52(46)60)56(9,10)11/h12-34,60H,1-11H3/i2D3. The highest BCUT2D eigenvalue weighted by molar-refractivity contribution is 5.98. The molecule has 0 amide bonds. The number of para-hydroxylation sites is 1. The molecule has 0 bridgehead atoms. The number of nitrogens with zero attached hydrogens (tertiary/aromatic N) is 3. The molecule has 0 atom stereocenters. The molecule has 0 aliphatic heterocycles. The maximum absolute atomic E-state index is 12.4. The maximum atomic E-state index is 12.4. The normalized spacial score (nSPS) is 13.3. The van der Waals surface area contributed by atoms with Gasteiger partial charge in [0.25, 0.3) is 0 Å². The maximum Gasteiger partial charge on any atom is 0.149 e. The molecule has 4 nitrogen and oxygen atoms in total. The van der Waals surface area contributed by atoms with Crippen LogP contribution in [-0.2, 0) is 16.2 Å². The van der Waals surface area contributed by atoms with Crippen LogP contribution in [0.4, 0.5) is 0 Å². The smallest absolute Gasteiger partial charge is 0.149 e. The average molecular weight is 791 g/mol. The van der Waals surface area contributed by atoms with Crippen molar-refractivity contribution >= 4 is 11.0 Å². The molecule has 0 aliphatic carbocycles. The van der Waals surface area contributed by atoms with Gasteiger partial charge in [-0.1, -0.05) is 153 Å². The Morgan fingerprint density at radius 3 is 1.92 bits per heavy atom. The molecule has 1 N–H and O–H groups in total. The lowest BCUT2D eigenvalue weighted by Gasteiger charge is -2.27. The third-order valence-corrected chi connectivity index (χ3v) is 11.6. The second-order valence-corrected chi connectivity index (χ2v) is 19.3. The highest BCUT2D eigenvalue weighted by Gasteiger charge is 2.29. The summed E-state index contributed by atoms with van der Waals surface area (Å²) in [6, 6.07) is 45.6. The minimum atomic E-state index is -2.45. The quantitative estimate of drug-likeness (QED) is 0.182. The lowest BCUT2D eigenvalue weighted by Crippen LogP contribution is -2.17. The summed E-state index contributed by atoms with van der Waals surface area (Å²) in [6.07, 6.45) is 1.87. The fourth-order valence-electron chi connectivity index (χ4n) is 8.01. The first-order valence-corrected chi connectivity index (χ1v) is 20.9. The number of phenolic OH excluding ortho intramolecular Hbond substituents is 1. The van der Waals surface area contributed by atoms with Gasteiger partial charge in [0.2, 0.25) is 0 Å². The summed E-state index contributed by atoms with van der Waals surface area (Å²) in [6.45, 7) is 18.7. The van der Waals surface area contributed by atoms with E-state index in [2.05, 4.69) is 142 Å². The van der Waals surface area contributed by atoms with Gasteiger partial charge in [0.15, 0.2) is 0 Å². The minimum absolute atomic E-state index is 0.128. The molecule has 0 spiro atoms. The number of hydrogen-bond donors (Lipinski definition) is 1. The molecular weight excluding hydrogens is 731 g/mol. The number of imidazole rings is 1. The zero-order chi connectivity index (χ0) is 45.2. The van der Waals surface area contributed by atoms with Crippen LogP contribution in [-0.4, -0.2) is 19.6 Å². The Morgan fingerprint density at radius 2 is 1.23 bits per heavy atom. The van der Waals surface area contributed by atoms with Crippen molar-refractivity contribution in [3.8, 4) is 67.5 Å². The van der Waals surface area contributed by atoms with Gasteiger partial charge in [0.05, 0.1) is 28.0 Å². The third kappa shape index (κ3) is 7.79. The summed E-state index contributed by atoms with van der Waals surface area (Å²) in [5.41, 5.74) is 13.5. The molecule has 302 valence electrons. The van der Waals surface area contributed by atoms with Crippen LogP contribution in [0.15, 0.2) is 140 Å². The number of aryl methyl sites for hydroxylation is 2. The van der Waals surface area contributed by atoms with Gasteiger partial charge in [0, 0.05) is 27.0 Å². The van der Waals surface area contributed by atoms with E-state index in [-0.39, 0.29) is 22.1 Å². The van der Waals surface area contributed by atoms with Gasteiger partial charge >= 0.3 is 0 Å². The van der Waals surface area contributed by atoms with Gasteiger partial charge in [-0.2, -0.15) is 0 Å². The molecule has 8 aromatic rings. The number of aromatic hydroxyl groups is 1. The number of pyridine rings is 1. The van der Waals surface area contributed by atoms with Crippen LogP contribution in [0.3, 0.4) is 0 Å². The Kier molecular flexibility index (Phi) is 9.25. The highest BCUT2D eigenvalue weighted by atomic mass is 16.3. The molecule has 60 heavy (non-hydrogen) atoms. The molecule has 0 unspecified atom stereocenters. The number of hydrogen-bond acceptors (Lipinski definition) is 3. The molecule has 0 saturated heterocycles. The number of aromatic nitrogens is 3. The van der Waals surface area contributed by atoms with Crippen molar-refractivity contribution in [3.05, 3.63) is 167 Å². The summed E-state index contributed by atoms with van der Waals surface area (Å²) in [5, 5.41) is 12.4. The second kappa shape index (κ2) is 15.1. The highest BCUT2D eigenvalue weighted by Crippen LogP contribution is 2.45. The molecule has 2 aromatic heterocycles. The van der Waals surface area contributed by atoms with E-state index in [0.29, 0.717) is 22.6 Å². The van der Waals surface area contributed by atoms with Crippen molar-refractivity contribution in [1.82, 2.24) is 14.5 Å². The van der Waals surface area contributed by atoms with Crippen LogP contribution < -0.4 is 0 Å². The molecule has 4 heteroatoms. The zero-order valence-electron chi connectivity index (χ0n) is 39.6. The number of fused-ring (bicyclic) bond motifs is 1. The lowest BCUT2D eigenvalue weighted by atomic mass is 9.79. The summed E-state index contributed by atoms with van der Waals surface area (Å²) in [5.74, 6) is 0.593. The molecule has 0 fully saturated rings. The Hall–Kier alpha value is -6.26. The topological polar surface area (TPSA) is 50.9 Å². The monoisotopic (exact) mass is 790 g/mol. The Bertz CT molecular complexity index is 2990. The molecule has 6 aromatic carbocycles. The number of rotatable bonds is 6. The second-order valence-electron chi connectivity index (χ2n) is 19.3. The van der Waals surface area contributed by atoms with Crippen molar-refractivity contribution in [2.24, 2.45) is 0 Å². The van der Waals surface area contributed by atoms with Gasteiger partial charge in [-0.25, -0.2) is 4.98 Å². The third-order valence-electron chi connectivity index (χ3n) is 11.6. The van der Waals surface area contributed by atoms with Crippen molar-refractivity contribution in [2.75, 3.05) is 0 Å². The van der Waals surface area contributed by atoms with Crippen LogP contribution in [0.1, 0.15) is 94.2 Å². The van der Waals surface area contributed by atoms with E-state index < -0.39 is 12.3 Å². The predicted molar refractivity (Wildman–Crippen MR) is 253 cm³/mol. The fourth-order valence-corrected chi connectivity index (χ4v) is 8.01. The van der Waals surface area contributed by atoms with Crippen LogP contribution in [0.25, 0.3) is 72.7 Å². The van der Waals surface area contributed by atoms with Crippen LogP contribution in [0, 0.1) is 13.8 Å². The van der Waals surface area contributed by atoms with Crippen molar-refractivity contribution in [1.29, 1.82) is 0 Å². The first-order chi connectivity index (χ1) is 29.6. The van der Waals surface area contributed by atoms with E-state index in [1.54, 1.807) is 0 Å². The van der Waals surface area contributed by atoms with E-state index in [1.165, 1.54) is 5.56 Å². The van der Waals surface area contributed by atoms with Crippen LogP contribution in [0.5, 0.6) is 5.75 Å². The van der Waals surface area contributed by atoms with Crippen LogP contribution in [0.2, 0.25) is 0 Å². The van der Waals surface area contributed by atoms with Crippen molar-refractivity contribution < 1.29 is 9.22 Å². The molecule has 8 rings (SSSR count). The van der Waals surface area contributed by atoms with Crippen molar-refractivity contribution in [3.63, 3.8) is 0 Å². The molecule has 0 radical (unpaired) electrons. The molecule has 0 aliphatic rings. The van der Waals surface area contributed by atoms with Crippen LogP contribution >= 0.6 is 0 Å². The molecule has 0 saturated carbocycles. The van der Waals surface area contributed by atoms with Crippen molar-refractivity contribution in [2.45, 2.75) is 92.3 Å². The largest absolute Gasteiger partial charge is 0.507 e. The Balaban J connectivity index is 1.46. The van der Waals surface area contributed by atoms with E-state index in [9.17, 15) is 5.11 Å². The van der Waals surface area contributed by atoms with E-state index in [0.717, 1.165) is 66.8 Å². The van der Waals surface area contributed by atoms with E-state index in [4.69, 9.17) is 14.1 Å². The SMILES string of the molecule is [2H]C([2H])([2H])c1cc(C(C)(C)C)ccc1-n1c(-c2cc(C(C)(C)C)cc(C(C)(C)C)c2O)nc2c(-c3cc(-c4ccccc4)cc(-c4cc(-c5ccc(C)cc5)ccn4)c3)cccc21. The first-order valence-electron chi connectivity index (χ1n) is 22.4. The molecular formula is C56H57N3O. The van der Waals surface area contributed by atoms with Gasteiger partial charge in [-0.05, 0) is 123 Å². The average Bonchev–Trinajstić information content (AvgIpc) is 3.62. The fraction of sp³-hybridized carbons (Fsp3) is 0.250. The Morgan fingerprint density at radius 1 is 0.550 bits per heavy atom. The number of benzene rings is 6. The summed E-state index contributed by atoms with van der Waals surface area (Å²) >= 11 is 0. The van der Waals surface area contributed by atoms with E-state index in [1.807, 2.05) is 71.4 Å². The lowest BCUT2D eigenvalue weighted by molar-refractivity contribution is 0.446. The summed E-state index contributed by atoms with van der Waals surface area (Å²) in [7, 11) is 0. The first kappa shape index (κ1) is 36.8. The zero-order valence-corrected chi connectivity index (χ0v) is 36.6. The molecule has 2 heterocycles. The van der Waals surface area contributed by atoms with Gasteiger partial charge < -0.3 is 5.11 Å². The van der Waals surface area contributed by atoms with E-state index >= 15 is 0 Å². The number of phenols is 1. The van der Waals surface area contributed by atoms with Gasteiger partial charge in [-0.3, -0.25) is 9.55 Å². The van der Waals surface area contributed by atoms with Gasteiger partial charge in [0.1, 0.15) is 11.6 Å². The Labute approximate surface area is 360 Å². The van der Waals surface area contributed by atoms with Gasteiger partial charge in [-0.15, -0.1) is 0 Å². The summed E-state index contributed by atoms with van der Waals surface area (Å²) < 4.78 is 28.6. The summed E-state index contributed by atoms with van der Waals surface area (Å²) in [4.78, 5) is 10.4.